The van der Waals surface area contributed by atoms with Crippen LogP contribution < -0.4 is 10.1 Å². The summed E-state index contributed by atoms with van der Waals surface area (Å²) >= 11 is 0. The van der Waals surface area contributed by atoms with E-state index >= 15 is 0 Å². The lowest BCUT2D eigenvalue weighted by Crippen LogP contribution is -2.20. The first-order chi connectivity index (χ1) is 9.90. The molecule has 1 unspecified atom stereocenters. The molecule has 0 saturated carbocycles. The Bertz CT molecular complexity index is 718. The first-order valence-corrected chi connectivity index (χ1v) is 6.74. The first-order valence-electron chi connectivity index (χ1n) is 6.74. The number of nitrogens with zero attached hydrogens (tertiary/aromatic N) is 1. The summed E-state index contributed by atoms with van der Waals surface area (Å²) in [6.45, 7) is 0.703. The van der Waals surface area contributed by atoms with Gasteiger partial charge >= 0.3 is 0 Å². The number of rotatable bonds is 2. The summed E-state index contributed by atoms with van der Waals surface area (Å²) in [4.78, 5) is 4.46. The number of hydrogen-bond acceptors (Lipinski definition) is 4. The van der Waals surface area contributed by atoms with Crippen LogP contribution in [0.4, 0.5) is 6.01 Å². The highest BCUT2D eigenvalue weighted by atomic mass is 16.5. The lowest BCUT2D eigenvalue weighted by Gasteiger charge is -2.25. The zero-order valence-corrected chi connectivity index (χ0v) is 10.9. The largest absolute Gasteiger partial charge is 0.493 e. The number of ether oxygens (including phenoxy) is 1. The Labute approximate surface area is 116 Å². The van der Waals surface area contributed by atoms with Crippen molar-refractivity contribution >= 4 is 17.1 Å². The van der Waals surface area contributed by atoms with Gasteiger partial charge in [0.05, 0.1) is 12.6 Å². The highest BCUT2D eigenvalue weighted by Gasteiger charge is 2.22. The molecule has 1 aliphatic heterocycles. The topological polar surface area (TPSA) is 47.3 Å². The Hall–Kier alpha value is -2.49. The molecule has 1 N–H and O–H groups in total. The van der Waals surface area contributed by atoms with E-state index in [2.05, 4.69) is 16.4 Å². The van der Waals surface area contributed by atoms with Crippen LogP contribution in [0, 0.1) is 0 Å². The molecule has 1 aliphatic rings. The molecule has 0 fully saturated rings. The molecule has 1 atom stereocenters. The number of benzene rings is 2. The average molecular weight is 266 g/mol. The number of nitrogens with one attached hydrogen (secondary N) is 1. The van der Waals surface area contributed by atoms with Gasteiger partial charge in [-0.05, 0) is 18.2 Å². The van der Waals surface area contributed by atoms with Crippen molar-refractivity contribution < 1.29 is 9.15 Å². The van der Waals surface area contributed by atoms with Gasteiger partial charge in [0, 0.05) is 12.0 Å². The van der Waals surface area contributed by atoms with Gasteiger partial charge in [-0.3, -0.25) is 0 Å². The third kappa shape index (κ3) is 1.90. The number of anilines is 1. The van der Waals surface area contributed by atoms with E-state index in [4.69, 9.17) is 9.15 Å². The van der Waals surface area contributed by atoms with Crippen molar-refractivity contribution in [2.75, 3.05) is 11.9 Å². The number of fused-ring (bicyclic) bond motifs is 2. The van der Waals surface area contributed by atoms with E-state index in [9.17, 15) is 0 Å². The Morgan fingerprint density at radius 3 is 2.85 bits per heavy atom. The summed E-state index contributed by atoms with van der Waals surface area (Å²) in [5.41, 5.74) is 2.83. The lowest BCUT2D eigenvalue weighted by molar-refractivity contribution is 0.273. The van der Waals surface area contributed by atoms with Gasteiger partial charge in [0.2, 0.25) is 0 Å². The third-order valence-electron chi connectivity index (χ3n) is 3.55. The molecule has 4 rings (SSSR count). The standard InChI is InChI=1S/C16H14N2O2/c1-3-7-14-11(5-1)12(9-10-19-14)17-16-18-13-6-2-4-8-15(13)20-16/h1-8,12H,9-10H2,(H,17,18). The van der Waals surface area contributed by atoms with Gasteiger partial charge in [-0.1, -0.05) is 30.3 Å². The molecule has 0 bridgehead atoms. The van der Waals surface area contributed by atoms with E-state index in [1.54, 1.807) is 0 Å². The van der Waals surface area contributed by atoms with Gasteiger partial charge in [-0.25, -0.2) is 0 Å². The fourth-order valence-electron chi connectivity index (χ4n) is 2.58. The summed E-state index contributed by atoms with van der Waals surface area (Å²) in [5, 5.41) is 3.37. The quantitative estimate of drug-likeness (QED) is 0.767. The number of oxazole rings is 1. The van der Waals surface area contributed by atoms with Gasteiger partial charge < -0.3 is 14.5 Å². The highest BCUT2D eigenvalue weighted by Crippen LogP contribution is 2.34. The van der Waals surface area contributed by atoms with E-state index in [-0.39, 0.29) is 6.04 Å². The SMILES string of the molecule is c1ccc2c(c1)OCCC2Nc1nc2ccccc2o1. The maximum atomic E-state index is 5.72. The second kappa shape index (κ2) is 4.56. The van der Waals surface area contributed by atoms with Crippen LogP contribution >= 0.6 is 0 Å². The van der Waals surface area contributed by atoms with E-state index in [0.717, 1.165) is 28.8 Å². The second-order valence-electron chi connectivity index (χ2n) is 4.86. The lowest BCUT2D eigenvalue weighted by atomic mass is 10.0. The zero-order valence-electron chi connectivity index (χ0n) is 10.9. The second-order valence-corrected chi connectivity index (χ2v) is 4.86. The van der Waals surface area contributed by atoms with Gasteiger partial charge in [0.1, 0.15) is 11.3 Å². The minimum absolute atomic E-state index is 0.174. The predicted octanol–water partition coefficient (Wildman–Crippen LogP) is 3.76. The Morgan fingerprint density at radius 2 is 1.90 bits per heavy atom. The summed E-state index contributed by atoms with van der Waals surface area (Å²) in [6.07, 6.45) is 0.899. The van der Waals surface area contributed by atoms with Crippen molar-refractivity contribution in [3.8, 4) is 5.75 Å². The molecule has 0 spiro atoms. The minimum Gasteiger partial charge on any atom is -0.493 e. The molecule has 4 nitrogen and oxygen atoms in total. The van der Waals surface area contributed by atoms with Gasteiger partial charge in [-0.15, -0.1) is 0 Å². The number of aromatic nitrogens is 1. The summed E-state index contributed by atoms with van der Waals surface area (Å²) in [7, 11) is 0. The molecule has 4 heteroatoms. The van der Waals surface area contributed by atoms with Gasteiger partial charge in [0.15, 0.2) is 5.58 Å². The maximum absolute atomic E-state index is 5.72. The average Bonchev–Trinajstić information content (AvgIpc) is 2.90. The molecular weight excluding hydrogens is 252 g/mol. The predicted molar refractivity (Wildman–Crippen MR) is 76.9 cm³/mol. The minimum atomic E-state index is 0.174. The number of para-hydroxylation sites is 3. The fourth-order valence-corrected chi connectivity index (χ4v) is 2.58. The van der Waals surface area contributed by atoms with Crippen LogP contribution in [-0.4, -0.2) is 11.6 Å². The number of hydrogen-bond donors (Lipinski definition) is 1. The van der Waals surface area contributed by atoms with E-state index in [1.807, 2.05) is 42.5 Å². The normalized spacial score (nSPS) is 17.5. The molecule has 2 aromatic carbocycles. The van der Waals surface area contributed by atoms with Gasteiger partial charge in [0.25, 0.3) is 6.01 Å². The molecule has 0 amide bonds. The smallest absolute Gasteiger partial charge is 0.296 e. The van der Waals surface area contributed by atoms with Crippen molar-refractivity contribution in [3.05, 3.63) is 54.1 Å². The molecular formula is C16H14N2O2. The maximum Gasteiger partial charge on any atom is 0.296 e. The Balaban J connectivity index is 1.66. The molecule has 0 saturated heterocycles. The van der Waals surface area contributed by atoms with Crippen LogP contribution in [0.5, 0.6) is 5.75 Å². The monoisotopic (exact) mass is 266 g/mol. The van der Waals surface area contributed by atoms with E-state index < -0.39 is 0 Å². The Kier molecular flexibility index (Phi) is 2.59. The molecule has 0 radical (unpaired) electrons. The molecule has 0 aliphatic carbocycles. The molecule has 1 aromatic heterocycles. The molecule has 20 heavy (non-hydrogen) atoms. The van der Waals surface area contributed by atoms with Crippen LogP contribution in [0.25, 0.3) is 11.1 Å². The molecule has 3 aromatic rings. The molecule has 2 heterocycles. The van der Waals surface area contributed by atoms with Crippen LogP contribution in [0.15, 0.2) is 52.9 Å². The zero-order chi connectivity index (χ0) is 13.4. The van der Waals surface area contributed by atoms with Crippen molar-refractivity contribution in [3.63, 3.8) is 0 Å². The van der Waals surface area contributed by atoms with Crippen LogP contribution in [0.1, 0.15) is 18.0 Å². The van der Waals surface area contributed by atoms with E-state index in [0.29, 0.717) is 12.6 Å². The summed E-state index contributed by atoms with van der Waals surface area (Å²) < 4.78 is 11.4. The van der Waals surface area contributed by atoms with Crippen molar-refractivity contribution in [1.29, 1.82) is 0 Å². The highest BCUT2D eigenvalue weighted by molar-refractivity contribution is 5.74. The van der Waals surface area contributed by atoms with Crippen molar-refractivity contribution in [2.45, 2.75) is 12.5 Å². The van der Waals surface area contributed by atoms with Crippen molar-refractivity contribution in [1.82, 2.24) is 4.98 Å². The molecule has 100 valence electrons. The van der Waals surface area contributed by atoms with E-state index in [1.165, 1.54) is 0 Å². The van der Waals surface area contributed by atoms with Crippen LogP contribution in [-0.2, 0) is 0 Å². The summed E-state index contributed by atoms with van der Waals surface area (Å²) in [6, 6.07) is 16.6. The Morgan fingerprint density at radius 1 is 1.05 bits per heavy atom. The first kappa shape index (κ1) is 11.3. The summed E-state index contributed by atoms with van der Waals surface area (Å²) in [5.74, 6) is 0.937. The van der Waals surface area contributed by atoms with Crippen LogP contribution in [0.3, 0.4) is 0 Å². The van der Waals surface area contributed by atoms with Crippen LogP contribution in [0.2, 0.25) is 0 Å². The van der Waals surface area contributed by atoms with Crippen molar-refractivity contribution in [2.24, 2.45) is 0 Å². The third-order valence-corrected chi connectivity index (χ3v) is 3.55. The van der Waals surface area contributed by atoms with Gasteiger partial charge in [-0.2, -0.15) is 4.98 Å². The fraction of sp³-hybridized carbons (Fsp3) is 0.188.